The number of nitrogens with zero attached hydrogens (tertiary/aromatic N) is 1. The molecule has 156 valence electrons. The molecule has 1 atom stereocenters. The molecule has 0 fully saturated rings. The number of halogens is 3. The maximum Gasteiger partial charge on any atom is 0.419 e. The van der Waals surface area contributed by atoms with Crippen LogP contribution in [0.4, 0.5) is 13.2 Å². The van der Waals surface area contributed by atoms with Gasteiger partial charge in [-0.15, -0.1) is 0 Å². The maximum atomic E-state index is 13.7. The Morgan fingerprint density at radius 2 is 2.00 bits per heavy atom. The summed E-state index contributed by atoms with van der Waals surface area (Å²) >= 11 is 0. The number of carbonyl (C=O) groups is 1. The quantitative estimate of drug-likeness (QED) is 0.754. The van der Waals surface area contributed by atoms with Crippen molar-refractivity contribution in [1.29, 1.82) is 0 Å². The number of pyridine rings is 1. The molecule has 1 aliphatic rings. The SMILES string of the molecule is CC(C)CC(C)(N)COc1ccc(-c2ccnc3c2C(=O)NC3)cc1C(F)(F)F. The van der Waals surface area contributed by atoms with Gasteiger partial charge in [0.05, 0.1) is 23.4 Å². The number of amides is 1. The molecule has 3 rings (SSSR count). The highest BCUT2D eigenvalue weighted by atomic mass is 19.4. The van der Waals surface area contributed by atoms with Crippen LogP contribution in [0.25, 0.3) is 11.1 Å². The second-order valence-electron chi connectivity index (χ2n) is 8.11. The van der Waals surface area contributed by atoms with Gasteiger partial charge in [-0.3, -0.25) is 9.78 Å². The van der Waals surface area contributed by atoms with E-state index in [0.29, 0.717) is 23.2 Å². The molecule has 0 bridgehead atoms. The number of rotatable bonds is 6. The Hall–Kier alpha value is -2.61. The van der Waals surface area contributed by atoms with E-state index in [1.807, 2.05) is 13.8 Å². The molecule has 1 amide bonds. The number of ether oxygens (including phenoxy) is 1. The second-order valence-corrected chi connectivity index (χ2v) is 8.11. The summed E-state index contributed by atoms with van der Waals surface area (Å²) in [5, 5.41) is 2.64. The summed E-state index contributed by atoms with van der Waals surface area (Å²) in [7, 11) is 0. The molecule has 0 aliphatic carbocycles. The monoisotopic (exact) mass is 407 g/mol. The van der Waals surface area contributed by atoms with Gasteiger partial charge in [0.25, 0.3) is 5.91 Å². The smallest absolute Gasteiger partial charge is 0.419 e. The molecule has 5 nitrogen and oxygen atoms in total. The number of nitrogens with two attached hydrogens (primary N) is 1. The first-order valence-corrected chi connectivity index (χ1v) is 9.37. The van der Waals surface area contributed by atoms with Crippen LogP contribution in [0, 0.1) is 5.92 Å². The van der Waals surface area contributed by atoms with Gasteiger partial charge in [0.2, 0.25) is 0 Å². The number of nitrogens with one attached hydrogen (secondary N) is 1. The lowest BCUT2D eigenvalue weighted by molar-refractivity contribution is -0.139. The molecule has 0 radical (unpaired) electrons. The van der Waals surface area contributed by atoms with E-state index in [2.05, 4.69) is 10.3 Å². The van der Waals surface area contributed by atoms with E-state index < -0.39 is 17.3 Å². The first-order valence-electron chi connectivity index (χ1n) is 9.37. The molecule has 2 aromatic rings. The van der Waals surface area contributed by atoms with Crippen molar-refractivity contribution in [3.63, 3.8) is 0 Å². The van der Waals surface area contributed by atoms with Crippen molar-refractivity contribution in [2.24, 2.45) is 11.7 Å². The second kappa shape index (κ2) is 7.67. The van der Waals surface area contributed by atoms with Crippen LogP contribution in [0.2, 0.25) is 0 Å². The highest BCUT2D eigenvalue weighted by Crippen LogP contribution is 2.40. The number of hydrogen-bond acceptors (Lipinski definition) is 4. The van der Waals surface area contributed by atoms with Crippen molar-refractivity contribution in [3.8, 4) is 16.9 Å². The summed E-state index contributed by atoms with van der Waals surface area (Å²) in [5.41, 5.74) is 6.02. The van der Waals surface area contributed by atoms with Crippen molar-refractivity contribution in [2.45, 2.75) is 45.5 Å². The number of benzene rings is 1. The minimum Gasteiger partial charge on any atom is -0.491 e. The maximum absolute atomic E-state index is 13.7. The average Bonchev–Trinajstić information content (AvgIpc) is 2.99. The fraction of sp³-hybridized carbons (Fsp3) is 0.429. The van der Waals surface area contributed by atoms with Crippen LogP contribution in [-0.2, 0) is 12.7 Å². The molecule has 8 heteroatoms. The molecule has 0 saturated heterocycles. The van der Waals surface area contributed by atoms with Gasteiger partial charge in [-0.05, 0) is 48.6 Å². The van der Waals surface area contributed by atoms with E-state index in [-0.39, 0.29) is 36.3 Å². The van der Waals surface area contributed by atoms with E-state index in [1.54, 1.807) is 13.0 Å². The topological polar surface area (TPSA) is 77.2 Å². The molecule has 1 aliphatic heterocycles. The normalized spacial score (nSPS) is 15.8. The fourth-order valence-electron chi connectivity index (χ4n) is 3.66. The van der Waals surface area contributed by atoms with Crippen LogP contribution in [0.1, 0.15) is 48.8 Å². The molecule has 0 saturated carbocycles. The number of fused-ring (bicyclic) bond motifs is 1. The van der Waals surface area contributed by atoms with Gasteiger partial charge in [-0.2, -0.15) is 13.2 Å². The van der Waals surface area contributed by atoms with E-state index in [4.69, 9.17) is 10.5 Å². The minimum atomic E-state index is -4.62. The van der Waals surface area contributed by atoms with Crippen LogP contribution >= 0.6 is 0 Å². The minimum absolute atomic E-state index is 0.0410. The highest BCUT2D eigenvalue weighted by Gasteiger charge is 2.36. The standard InChI is InChI=1S/C21H24F3N3O2/c1-12(2)9-20(3,25)11-29-17-5-4-13(8-15(17)21(22,23)24)14-6-7-26-16-10-27-19(28)18(14)16/h4-8,12H,9-11,25H2,1-3H3,(H,27,28). The van der Waals surface area contributed by atoms with Crippen LogP contribution in [0.3, 0.4) is 0 Å². The van der Waals surface area contributed by atoms with Crippen molar-refractivity contribution in [2.75, 3.05) is 6.61 Å². The van der Waals surface area contributed by atoms with Crippen LogP contribution < -0.4 is 15.8 Å². The molecule has 2 heterocycles. The summed E-state index contributed by atoms with van der Waals surface area (Å²) < 4.78 is 46.7. The first kappa shape index (κ1) is 21.1. The highest BCUT2D eigenvalue weighted by molar-refractivity contribution is 6.04. The Morgan fingerprint density at radius 1 is 1.28 bits per heavy atom. The zero-order valence-electron chi connectivity index (χ0n) is 16.6. The van der Waals surface area contributed by atoms with E-state index in [1.165, 1.54) is 18.3 Å². The summed E-state index contributed by atoms with van der Waals surface area (Å²) in [6, 6.07) is 5.34. The zero-order chi connectivity index (χ0) is 21.4. The Morgan fingerprint density at radius 3 is 2.66 bits per heavy atom. The van der Waals surface area contributed by atoms with Gasteiger partial charge in [-0.1, -0.05) is 19.9 Å². The van der Waals surface area contributed by atoms with E-state index in [9.17, 15) is 18.0 Å². The number of alkyl halides is 3. The van der Waals surface area contributed by atoms with Gasteiger partial charge < -0.3 is 15.8 Å². The van der Waals surface area contributed by atoms with Gasteiger partial charge in [0.15, 0.2) is 0 Å². The lowest BCUT2D eigenvalue weighted by Gasteiger charge is -2.27. The van der Waals surface area contributed by atoms with Gasteiger partial charge in [0, 0.05) is 11.7 Å². The molecular formula is C21H24F3N3O2. The molecule has 3 N–H and O–H groups in total. The van der Waals surface area contributed by atoms with Crippen molar-refractivity contribution < 1.29 is 22.7 Å². The third-order valence-corrected chi connectivity index (χ3v) is 4.70. The number of aromatic nitrogens is 1. The van der Waals surface area contributed by atoms with Crippen LogP contribution in [0.5, 0.6) is 5.75 Å². The Kier molecular flexibility index (Phi) is 5.58. The zero-order valence-corrected chi connectivity index (χ0v) is 16.6. The Balaban J connectivity index is 1.97. The molecule has 1 unspecified atom stereocenters. The Labute approximate surface area is 167 Å². The van der Waals surface area contributed by atoms with Gasteiger partial charge >= 0.3 is 6.18 Å². The predicted octanol–water partition coefficient (Wildman–Crippen LogP) is 4.15. The van der Waals surface area contributed by atoms with Crippen molar-refractivity contribution in [3.05, 3.63) is 47.3 Å². The summed E-state index contributed by atoms with van der Waals surface area (Å²) in [4.78, 5) is 16.2. The third-order valence-electron chi connectivity index (χ3n) is 4.70. The van der Waals surface area contributed by atoms with Gasteiger partial charge in [-0.25, -0.2) is 0 Å². The number of carbonyl (C=O) groups excluding carboxylic acids is 1. The lowest BCUT2D eigenvalue weighted by Crippen LogP contribution is -2.43. The lowest BCUT2D eigenvalue weighted by atomic mass is 9.92. The molecular weight excluding hydrogens is 383 g/mol. The third kappa shape index (κ3) is 4.70. The van der Waals surface area contributed by atoms with E-state index in [0.717, 1.165) is 6.07 Å². The summed E-state index contributed by atoms with van der Waals surface area (Å²) in [6.45, 7) is 5.96. The van der Waals surface area contributed by atoms with E-state index >= 15 is 0 Å². The van der Waals surface area contributed by atoms with Crippen LogP contribution in [-0.4, -0.2) is 23.0 Å². The van der Waals surface area contributed by atoms with Crippen molar-refractivity contribution in [1.82, 2.24) is 10.3 Å². The molecule has 1 aromatic heterocycles. The fourth-order valence-corrected chi connectivity index (χ4v) is 3.66. The Bertz CT molecular complexity index is 924. The first-order chi connectivity index (χ1) is 13.5. The molecule has 29 heavy (non-hydrogen) atoms. The predicted molar refractivity (Wildman–Crippen MR) is 103 cm³/mol. The van der Waals surface area contributed by atoms with Gasteiger partial charge in [0.1, 0.15) is 12.4 Å². The van der Waals surface area contributed by atoms with Crippen molar-refractivity contribution >= 4 is 5.91 Å². The average molecular weight is 407 g/mol. The van der Waals surface area contributed by atoms with Crippen LogP contribution in [0.15, 0.2) is 30.5 Å². The summed E-state index contributed by atoms with van der Waals surface area (Å²) in [5.74, 6) is -0.334. The molecule has 1 aromatic carbocycles. The number of hydrogen-bond donors (Lipinski definition) is 2. The molecule has 0 spiro atoms. The summed E-state index contributed by atoms with van der Waals surface area (Å²) in [6.07, 6.45) is -2.52. The largest absolute Gasteiger partial charge is 0.491 e.